The summed E-state index contributed by atoms with van der Waals surface area (Å²) in [5, 5.41) is 15.6. The van der Waals surface area contributed by atoms with Gasteiger partial charge < -0.3 is 15.7 Å². The van der Waals surface area contributed by atoms with E-state index in [1.807, 2.05) is 19.1 Å². The first-order chi connectivity index (χ1) is 9.15. The fraction of sp³-hybridized carbons (Fsp3) is 0.533. The molecule has 4 nitrogen and oxygen atoms in total. The van der Waals surface area contributed by atoms with Crippen molar-refractivity contribution in [1.29, 1.82) is 0 Å². The number of hydrogen-bond donors (Lipinski definition) is 3. The summed E-state index contributed by atoms with van der Waals surface area (Å²) in [7, 11) is 0. The highest BCUT2D eigenvalue weighted by Gasteiger charge is 2.11. The monoisotopic (exact) mass is 264 g/mol. The van der Waals surface area contributed by atoms with Crippen LogP contribution in [-0.4, -0.2) is 23.6 Å². The molecule has 0 bridgehead atoms. The number of hydrogen-bond acceptors (Lipinski definition) is 3. The first-order valence-electron chi connectivity index (χ1n) is 6.93. The molecule has 1 unspecified atom stereocenters. The maximum Gasteiger partial charge on any atom is 0.236 e. The van der Waals surface area contributed by atoms with Crippen molar-refractivity contribution < 1.29 is 9.90 Å². The van der Waals surface area contributed by atoms with Gasteiger partial charge in [-0.3, -0.25) is 4.79 Å². The summed E-state index contributed by atoms with van der Waals surface area (Å²) in [4.78, 5) is 11.8. The van der Waals surface area contributed by atoms with Gasteiger partial charge in [-0.15, -0.1) is 0 Å². The third kappa shape index (κ3) is 5.75. The van der Waals surface area contributed by atoms with Crippen LogP contribution in [0.4, 0.5) is 0 Å². The van der Waals surface area contributed by atoms with E-state index in [9.17, 15) is 9.90 Å². The molecule has 0 radical (unpaired) electrons. The van der Waals surface area contributed by atoms with Gasteiger partial charge in [0.15, 0.2) is 0 Å². The zero-order chi connectivity index (χ0) is 14.1. The number of aromatic hydroxyl groups is 1. The Kier molecular flexibility index (Phi) is 6.97. The van der Waals surface area contributed by atoms with Gasteiger partial charge in [0, 0.05) is 18.7 Å². The van der Waals surface area contributed by atoms with Gasteiger partial charge in [-0.05, 0) is 19.4 Å². The second kappa shape index (κ2) is 8.53. The Bertz CT molecular complexity index is 393. The van der Waals surface area contributed by atoms with E-state index in [1.54, 1.807) is 12.1 Å². The molecule has 0 heterocycles. The molecule has 0 saturated carbocycles. The normalized spacial score (nSPS) is 12.1. The average molecular weight is 264 g/mol. The summed E-state index contributed by atoms with van der Waals surface area (Å²) in [6, 6.07) is 6.87. The van der Waals surface area contributed by atoms with Crippen LogP contribution in [0.15, 0.2) is 24.3 Å². The van der Waals surface area contributed by atoms with Crippen LogP contribution in [0.2, 0.25) is 0 Å². The molecule has 1 aromatic carbocycles. The van der Waals surface area contributed by atoms with Gasteiger partial charge in [0.1, 0.15) is 5.75 Å². The van der Waals surface area contributed by atoms with Crippen molar-refractivity contribution in [3.8, 4) is 5.75 Å². The summed E-state index contributed by atoms with van der Waals surface area (Å²) < 4.78 is 0. The molecule has 0 aliphatic heterocycles. The van der Waals surface area contributed by atoms with Crippen LogP contribution in [0, 0.1) is 0 Å². The van der Waals surface area contributed by atoms with Crippen molar-refractivity contribution in [2.75, 3.05) is 6.54 Å². The number of nitrogens with one attached hydrogen (secondary N) is 2. The zero-order valence-electron chi connectivity index (χ0n) is 11.8. The lowest BCUT2D eigenvalue weighted by atomic mass is 10.2. The van der Waals surface area contributed by atoms with Crippen molar-refractivity contribution in [2.45, 2.75) is 45.7 Å². The first-order valence-corrected chi connectivity index (χ1v) is 6.93. The Morgan fingerprint density at radius 3 is 2.74 bits per heavy atom. The minimum Gasteiger partial charge on any atom is -0.508 e. The number of unbranched alkanes of at least 4 members (excludes halogenated alkanes) is 2. The minimum absolute atomic E-state index is 0.00604. The molecule has 0 aliphatic rings. The quantitative estimate of drug-likeness (QED) is 0.631. The van der Waals surface area contributed by atoms with Gasteiger partial charge in [0.05, 0.1) is 6.04 Å². The molecule has 1 rings (SSSR count). The van der Waals surface area contributed by atoms with Gasteiger partial charge in [-0.1, -0.05) is 38.0 Å². The van der Waals surface area contributed by atoms with Gasteiger partial charge >= 0.3 is 0 Å². The van der Waals surface area contributed by atoms with Crippen LogP contribution in [0.1, 0.15) is 38.7 Å². The predicted molar refractivity (Wildman–Crippen MR) is 76.9 cm³/mol. The average Bonchev–Trinajstić information content (AvgIpc) is 2.42. The predicted octanol–water partition coefficient (Wildman–Crippen LogP) is 2.18. The number of carbonyl (C=O) groups excluding carboxylic acids is 1. The fourth-order valence-electron chi connectivity index (χ4n) is 1.76. The second-order valence-electron chi connectivity index (χ2n) is 4.73. The topological polar surface area (TPSA) is 61.4 Å². The molecule has 0 spiro atoms. The molecular formula is C15H24N2O2. The maximum absolute atomic E-state index is 11.8. The minimum atomic E-state index is -0.263. The summed E-state index contributed by atoms with van der Waals surface area (Å²) >= 11 is 0. The molecule has 0 aliphatic carbocycles. The summed E-state index contributed by atoms with van der Waals surface area (Å²) in [5.74, 6) is 0.261. The number of carbonyl (C=O) groups is 1. The summed E-state index contributed by atoms with van der Waals surface area (Å²) in [6.07, 6.45) is 3.31. The standard InChI is InChI=1S/C15H24N2O2/c1-3-4-7-10-16-15(19)12(2)17-11-13-8-5-6-9-14(13)18/h5-6,8-9,12,17-18H,3-4,7,10-11H2,1-2H3,(H,16,19). The highest BCUT2D eigenvalue weighted by Crippen LogP contribution is 2.14. The van der Waals surface area contributed by atoms with Crippen molar-refractivity contribution >= 4 is 5.91 Å². The van der Waals surface area contributed by atoms with Crippen LogP contribution in [0.25, 0.3) is 0 Å². The van der Waals surface area contributed by atoms with Crippen molar-refractivity contribution in [3.63, 3.8) is 0 Å². The second-order valence-corrected chi connectivity index (χ2v) is 4.73. The molecule has 0 fully saturated rings. The van der Waals surface area contributed by atoms with Crippen molar-refractivity contribution in [1.82, 2.24) is 10.6 Å². The molecule has 3 N–H and O–H groups in total. The van der Waals surface area contributed by atoms with E-state index in [0.717, 1.165) is 31.4 Å². The van der Waals surface area contributed by atoms with Gasteiger partial charge in [0.25, 0.3) is 0 Å². The molecule has 1 aromatic rings. The van der Waals surface area contributed by atoms with Gasteiger partial charge in [-0.25, -0.2) is 0 Å². The van der Waals surface area contributed by atoms with Crippen LogP contribution in [-0.2, 0) is 11.3 Å². The zero-order valence-corrected chi connectivity index (χ0v) is 11.8. The highest BCUT2D eigenvalue weighted by atomic mass is 16.3. The number of para-hydroxylation sites is 1. The van der Waals surface area contributed by atoms with E-state index in [2.05, 4.69) is 17.6 Å². The van der Waals surface area contributed by atoms with E-state index in [0.29, 0.717) is 6.54 Å². The van der Waals surface area contributed by atoms with E-state index >= 15 is 0 Å². The number of phenols is 1. The van der Waals surface area contributed by atoms with E-state index in [4.69, 9.17) is 0 Å². The third-order valence-corrected chi connectivity index (χ3v) is 3.06. The molecular weight excluding hydrogens is 240 g/mol. The Morgan fingerprint density at radius 1 is 1.32 bits per heavy atom. The summed E-state index contributed by atoms with van der Waals surface area (Å²) in [5.41, 5.74) is 0.799. The van der Waals surface area contributed by atoms with Crippen molar-refractivity contribution in [3.05, 3.63) is 29.8 Å². The molecule has 0 aromatic heterocycles. The van der Waals surface area contributed by atoms with E-state index in [-0.39, 0.29) is 17.7 Å². The molecule has 1 amide bonds. The van der Waals surface area contributed by atoms with Crippen LogP contribution < -0.4 is 10.6 Å². The van der Waals surface area contributed by atoms with Crippen LogP contribution in [0.3, 0.4) is 0 Å². The lowest BCUT2D eigenvalue weighted by Gasteiger charge is -2.14. The number of amides is 1. The molecule has 19 heavy (non-hydrogen) atoms. The van der Waals surface area contributed by atoms with Crippen LogP contribution >= 0.6 is 0 Å². The lowest BCUT2D eigenvalue weighted by Crippen LogP contribution is -2.42. The maximum atomic E-state index is 11.8. The number of rotatable bonds is 8. The largest absolute Gasteiger partial charge is 0.508 e. The SMILES string of the molecule is CCCCCNC(=O)C(C)NCc1ccccc1O. The lowest BCUT2D eigenvalue weighted by molar-refractivity contribution is -0.122. The Balaban J connectivity index is 2.28. The Labute approximate surface area is 115 Å². The molecule has 106 valence electrons. The number of benzene rings is 1. The molecule has 1 atom stereocenters. The Morgan fingerprint density at radius 2 is 2.05 bits per heavy atom. The van der Waals surface area contributed by atoms with Gasteiger partial charge in [0.2, 0.25) is 5.91 Å². The summed E-state index contributed by atoms with van der Waals surface area (Å²) in [6.45, 7) is 5.18. The molecule has 0 saturated heterocycles. The van der Waals surface area contributed by atoms with Crippen LogP contribution in [0.5, 0.6) is 5.75 Å². The van der Waals surface area contributed by atoms with Gasteiger partial charge in [-0.2, -0.15) is 0 Å². The third-order valence-electron chi connectivity index (χ3n) is 3.06. The van der Waals surface area contributed by atoms with Crippen molar-refractivity contribution in [2.24, 2.45) is 0 Å². The van der Waals surface area contributed by atoms with E-state index < -0.39 is 0 Å². The molecule has 4 heteroatoms. The smallest absolute Gasteiger partial charge is 0.236 e. The number of phenolic OH excluding ortho intramolecular Hbond substituents is 1. The fourth-order valence-corrected chi connectivity index (χ4v) is 1.76. The van der Waals surface area contributed by atoms with E-state index in [1.165, 1.54) is 0 Å². The first kappa shape index (κ1) is 15.5. The Hall–Kier alpha value is -1.55. The highest BCUT2D eigenvalue weighted by molar-refractivity contribution is 5.81.